The second-order valence-corrected chi connectivity index (χ2v) is 10.5. The van der Waals surface area contributed by atoms with Gasteiger partial charge in [-0.25, -0.2) is 17.7 Å². The SMILES string of the molecule is O=S(=O)(Cc1ccccc1)N1CC[C@]2(CCCN(Cc3nccs3)C2)C1. The molecule has 3 heterocycles. The third-order valence-corrected chi connectivity index (χ3v) is 8.13. The molecule has 1 aromatic carbocycles. The second kappa shape index (κ2) is 7.38. The van der Waals surface area contributed by atoms with Gasteiger partial charge in [0.1, 0.15) is 5.01 Å². The first-order chi connectivity index (χ1) is 12.5. The normalized spacial score (nSPS) is 25.1. The number of nitrogens with zero attached hydrogens (tertiary/aromatic N) is 3. The van der Waals surface area contributed by atoms with Crippen LogP contribution in [0.15, 0.2) is 41.9 Å². The number of likely N-dealkylation sites (tertiary alicyclic amines) is 1. The van der Waals surface area contributed by atoms with Crippen molar-refractivity contribution < 1.29 is 8.42 Å². The van der Waals surface area contributed by atoms with Crippen LogP contribution in [0.25, 0.3) is 0 Å². The van der Waals surface area contributed by atoms with Gasteiger partial charge in [0.25, 0.3) is 0 Å². The fourth-order valence-electron chi connectivity index (χ4n) is 4.31. The Balaban J connectivity index is 1.41. The minimum absolute atomic E-state index is 0.104. The molecule has 2 aliphatic rings. The molecular formula is C19H25N3O2S2. The number of piperidine rings is 1. The molecule has 0 aliphatic carbocycles. The summed E-state index contributed by atoms with van der Waals surface area (Å²) >= 11 is 1.69. The number of rotatable bonds is 5. The van der Waals surface area contributed by atoms with E-state index in [1.807, 2.05) is 41.9 Å². The highest BCUT2D eigenvalue weighted by Gasteiger charge is 2.44. The average molecular weight is 392 g/mol. The zero-order valence-electron chi connectivity index (χ0n) is 14.9. The highest BCUT2D eigenvalue weighted by Crippen LogP contribution is 2.40. The number of benzene rings is 1. The third kappa shape index (κ3) is 4.01. The predicted octanol–water partition coefficient (Wildman–Crippen LogP) is 2.96. The fourth-order valence-corrected chi connectivity index (χ4v) is 6.60. The molecule has 2 aliphatic heterocycles. The molecule has 0 radical (unpaired) electrons. The Labute approximate surface area is 159 Å². The fraction of sp³-hybridized carbons (Fsp3) is 0.526. The Kier molecular flexibility index (Phi) is 5.14. The average Bonchev–Trinajstić information content (AvgIpc) is 3.26. The van der Waals surface area contributed by atoms with Gasteiger partial charge in [0.05, 0.1) is 12.3 Å². The molecule has 0 amide bonds. The molecule has 0 saturated carbocycles. The van der Waals surface area contributed by atoms with Crippen LogP contribution in [-0.2, 0) is 22.3 Å². The quantitative estimate of drug-likeness (QED) is 0.786. The molecule has 1 spiro atoms. The Morgan fingerprint density at radius 2 is 1.96 bits per heavy atom. The maximum atomic E-state index is 12.9. The lowest BCUT2D eigenvalue weighted by molar-refractivity contribution is 0.0934. The monoisotopic (exact) mass is 391 g/mol. The summed E-state index contributed by atoms with van der Waals surface area (Å²) in [5.41, 5.74) is 0.974. The van der Waals surface area contributed by atoms with Crippen molar-refractivity contribution in [3.05, 3.63) is 52.5 Å². The first kappa shape index (κ1) is 18.1. The molecule has 0 bridgehead atoms. The minimum Gasteiger partial charge on any atom is -0.296 e. The molecule has 2 saturated heterocycles. The van der Waals surface area contributed by atoms with Crippen LogP contribution in [0.3, 0.4) is 0 Å². The molecule has 2 aromatic rings. The molecule has 26 heavy (non-hydrogen) atoms. The Hall–Kier alpha value is -1.28. The van der Waals surface area contributed by atoms with E-state index in [2.05, 4.69) is 9.88 Å². The summed E-state index contributed by atoms with van der Waals surface area (Å²) in [4.78, 5) is 6.85. The van der Waals surface area contributed by atoms with Gasteiger partial charge in [-0.1, -0.05) is 30.3 Å². The summed E-state index contributed by atoms with van der Waals surface area (Å²) in [6, 6.07) is 9.49. The molecule has 1 atom stereocenters. The van der Waals surface area contributed by atoms with Crippen LogP contribution < -0.4 is 0 Å². The zero-order valence-corrected chi connectivity index (χ0v) is 16.5. The lowest BCUT2D eigenvalue weighted by Crippen LogP contribution is -2.45. The summed E-state index contributed by atoms with van der Waals surface area (Å²) in [6.07, 6.45) is 5.08. The van der Waals surface area contributed by atoms with Crippen LogP contribution in [0.2, 0.25) is 0 Å². The van der Waals surface area contributed by atoms with Crippen LogP contribution in [0.5, 0.6) is 0 Å². The van der Waals surface area contributed by atoms with Crippen LogP contribution in [-0.4, -0.2) is 48.8 Å². The van der Waals surface area contributed by atoms with Crippen molar-refractivity contribution in [2.45, 2.75) is 31.6 Å². The van der Waals surface area contributed by atoms with Gasteiger partial charge in [-0.2, -0.15) is 0 Å². The van der Waals surface area contributed by atoms with Crippen LogP contribution in [0.4, 0.5) is 0 Å². The Morgan fingerprint density at radius 1 is 1.12 bits per heavy atom. The predicted molar refractivity (Wildman–Crippen MR) is 104 cm³/mol. The lowest BCUT2D eigenvalue weighted by atomic mass is 9.79. The molecule has 1 aromatic heterocycles. The molecule has 0 N–H and O–H groups in total. The van der Waals surface area contributed by atoms with Crippen LogP contribution in [0.1, 0.15) is 29.8 Å². The highest BCUT2D eigenvalue weighted by atomic mass is 32.2. The van der Waals surface area contributed by atoms with Crippen molar-refractivity contribution in [1.82, 2.24) is 14.2 Å². The minimum atomic E-state index is -3.25. The number of sulfonamides is 1. The van der Waals surface area contributed by atoms with Gasteiger partial charge in [0.15, 0.2) is 0 Å². The Morgan fingerprint density at radius 3 is 2.73 bits per heavy atom. The van der Waals surface area contributed by atoms with Crippen molar-refractivity contribution in [3.63, 3.8) is 0 Å². The first-order valence-electron chi connectivity index (χ1n) is 9.17. The molecule has 7 heteroatoms. The van der Waals surface area contributed by atoms with Crippen LogP contribution >= 0.6 is 11.3 Å². The van der Waals surface area contributed by atoms with Crippen molar-refractivity contribution >= 4 is 21.4 Å². The summed E-state index contributed by atoms with van der Waals surface area (Å²) in [5, 5.41) is 3.16. The van der Waals surface area contributed by atoms with E-state index >= 15 is 0 Å². The number of aromatic nitrogens is 1. The van der Waals surface area contributed by atoms with E-state index in [4.69, 9.17) is 0 Å². The van der Waals surface area contributed by atoms with Gasteiger partial charge >= 0.3 is 0 Å². The van der Waals surface area contributed by atoms with E-state index in [1.54, 1.807) is 15.6 Å². The molecule has 4 rings (SSSR count). The van der Waals surface area contributed by atoms with Gasteiger partial charge in [-0.3, -0.25) is 4.90 Å². The highest BCUT2D eigenvalue weighted by molar-refractivity contribution is 7.88. The van der Waals surface area contributed by atoms with Gasteiger partial charge < -0.3 is 0 Å². The van der Waals surface area contributed by atoms with E-state index in [0.717, 1.165) is 49.5 Å². The standard InChI is InChI=1S/C19H25N3O2S2/c23-26(24,14-17-5-2-1-3-6-17)22-11-8-19(16-22)7-4-10-21(15-19)13-18-20-9-12-25-18/h1-3,5-6,9,12H,4,7-8,10-11,13-16H2/t19-/m0/s1. The topological polar surface area (TPSA) is 53.5 Å². The van der Waals surface area contributed by atoms with Crippen LogP contribution in [0, 0.1) is 5.41 Å². The van der Waals surface area contributed by atoms with Crippen molar-refractivity contribution in [1.29, 1.82) is 0 Å². The van der Waals surface area contributed by atoms with Gasteiger partial charge in [0, 0.05) is 31.2 Å². The Bertz CT molecular complexity index is 824. The van der Waals surface area contributed by atoms with Gasteiger partial charge in [-0.05, 0) is 36.8 Å². The van der Waals surface area contributed by atoms with Crippen molar-refractivity contribution in [2.24, 2.45) is 5.41 Å². The van der Waals surface area contributed by atoms with E-state index in [-0.39, 0.29) is 11.2 Å². The molecule has 5 nitrogen and oxygen atoms in total. The lowest BCUT2D eigenvalue weighted by Gasteiger charge is -2.40. The number of thiazole rings is 1. The molecule has 2 fully saturated rings. The number of hydrogen-bond acceptors (Lipinski definition) is 5. The largest absolute Gasteiger partial charge is 0.296 e. The first-order valence-corrected chi connectivity index (χ1v) is 11.7. The molecular weight excluding hydrogens is 366 g/mol. The van der Waals surface area contributed by atoms with Crippen molar-refractivity contribution in [3.8, 4) is 0 Å². The summed E-state index contributed by atoms with van der Waals surface area (Å²) in [5.74, 6) is 0.104. The molecule has 0 unspecified atom stereocenters. The number of hydrogen-bond donors (Lipinski definition) is 0. The van der Waals surface area contributed by atoms with Gasteiger partial charge in [-0.15, -0.1) is 11.3 Å². The van der Waals surface area contributed by atoms with Crippen molar-refractivity contribution in [2.75, 3.05) is 26.2 Å². The van der Waals surface area contributed by atoms with E-state index < -0.39 is 10.0 Å². The zero-order chi connectivity index (χ0) is 18.0. The van der Waals surface area contributed by atoms with E-state index in [0.29, 0.717) is 13.1 Å². The smallest absolute Gasteiger partial charge is 0.218 e. The maximum Gasteiger partial charge on any atom is 0.218 e. The maximum absolute atomic E-state index is 12.9. The summed E-state index contributed by atoms with van der Waals surface area (Å²) < 4.78 is 27.5. The second-order valence-electron chi connectivity index (χ2n) is 7.57. The van der Waals surface area contributed by atoms with E-state index in [1.165, 1.54) is 0 Å². The third-order valence-electron chi connectivity index (χ3n) is 5.57. The van der Waals surface area contributed by atoms with E-state index in [9.17, 15) is 8.42 Å². The summed E-state index contributed by atoms with van der Waals surface area (Å²) in [6.45, 7) is 4.26. The summed E-state index contributed by atoms with van der Waals surface area (Å²) in [7, 11) is -3.25. The molecule has 140 valence electrons. The van der Waals surface area contributed by atoms with Gasteiger partial charge in [0.2, 0.25) is 10.0 Å².